The first kappa shape index (κ1) is 19.2. The highest BCUT2D eigenvalue weighted by atomic mass is 16.5. The molecule has 0 unspecified atom stereocenters. The molecule has 142 valence electrons. The van der Waals surface area contributed by atoms with Crippen LogP contribution in [0.25, 0.3) is 0 Å². The van der Waals surface area contributed by atoms with E-state index in [0.717, 1.165) is 5.56 Å². The van der Waals surface area contributed by atoms with Crippen LogP contribution in [-0.2, 0) is 20.7 Å². The number of ketones is 2. The number of aromatic nitrogens is 2. The molecule has 0 spiro atoms. The van der Waals surface area contributed by atoms with Crippen molar-refractivity contribution < 1.29 is 19.1 Å². The fourth-order valence-electron chi connectivity index (χ4n) is 3.51. The van der Waals surface area contributed by atoms with Gasteiger partial charge < -0.3 is 9.47 Å². The third kappa shape index (κ3) is 3.62. The lowest BCUT2D eigenvalue weighted by Crippen LogP contribution is -2.58. The van der Waals surface area contributed by atoms with E-state index in [0.29, 0.717) is 17.7 Å². The zero-order chi connectivity index (χ0) is 19.8. The van der Waals surface area contributed by atoms with E-state index in [1.165, 1.54) is 0 Å². The van der Waals surface area contributed by atoms with E-state index >= 15 is 0 Å². The van der Waals surface area contributed by atoms with Gasteiger partial charge in [-0.3, -0.25) is 9.59 Å². The van der Waals surface area contributed by atoms with Gasteiger partial charge in [0.05, 0.1) is 0 Å². The van der Waals surface area contributed by atoms with Gasteiger partial charge in [0.2, 0.25) is 0 Å². The van der Waals surface area contributed by atoms with Gasteiger partial charge in [-0.05, 0) is 63.4 Å². The van der Waals surface area contributed by atoms with Crippen molar-refractivity contribution >= 4 is 11.6 Å². The monoisotopic (exact) mass is 368 g/mol. The standard InChI is InChI=1S/C21H24N2O4/c1-6-13-8-9-14(26-19-22-10-7-11-23-19)12-15(13)16-17(24)20(2,3)27-21(4,5)18(16)25/h7-12,16H,6H2,1-5H3. The number of hydrogen-bond acceptors (Lipinski definition) is 6. The zero-order valence-corrected chi connectivity index (χ0v) is 16.3. The summed E-state index contributed by atoms with van der Waals surface area (Å²) >= 11 is 0. The van der Waals surface area contributed by atoms with Gasteiger partial charge in [0.1, 0.15) is 22.9 Å². The van der Waals surface area contributed by atoms with Crippen molar-refractivity contribution in [1.29, 1.82) is 0 Å². The van der Waals surface area contributed by atoms with Crippen LogP contribution in [-0.4, -0.2) is 32.7 Å². The quantitative estimate of drug-likeness (QED) is 0.767. The summed E-state index contributed by atoms with van der Waals surface area (Å²) < 4.78 is 11.5. The van der Waals surface area contributed by atoms with Crippen LogP contribution in [0.3, 0.4) is 0 Å². The minimum absolute atomic E-state index is 0.206. The molecule has 27 heavy (non-hydrogen) atoms. The Morgan fingerprint density at radius 2 is 1.63 bits per heavy atom. The average Bonchev–Trinajstić information content (AvgIpc) is 2.61. The molecule has 0 atom stereocenters. The highest BCUT2D eigenvalue weighted by molar-refractivity contribution is 6.15. The summed E-state index contributed by atoms with van der Waals surface area (Å²) in [5, 5.41) is 0. The fraction of sp³-hybridized carbons (Fsp3) is 0.429. The van der Waals surface area contributed by atoms with E-state index in [1.807, 2.05) is 13.0 Å². The van der Waals surface area contributed by atoms with E-state index in [4.69, 9.17) is 9.47 Å². The summed E-state index contributed by atoms with van der Waals surface area (Å²) in [4.78, 5) is 34.2. The molecule has 1 aliphatic heterocycles. The van der Waals surface area contributed by atoms with Crippen molar-refractivity contribution in [3.05, 3.63) is 47.8 Å². The van der Waals surface area contributed by atoms with Crippen LogP contribution in [0, 0.1) is 0 Å². The number of nitrogens with zero attached hydrogens (tertiary/aromatic N) is 2. The van der Waals surface area contributed by atoms with Crippen molar-refractivity contribution in [2.45, 2.75) is 58.2 Å². The SMILES string of the molecule is CCc1ccc(Oc2ncccn2)cc1C1C(=O)C(C)(C)OC(C)(C)C1=O. The number of Topliss-reactive ketones (excluding diaryl/α,β-unsaturated/α-hetero) is 2. The van der Waals surface area contributed by atoms with E-state index in [2.05, 4.69) is 9.97 Å². The number of carbonyl (C=O) groups is 2. The molecule has 1 saturated heterocycles. The Hall–Kier alpha value is -2.60. The summed E-state index contributed by atoms with van der Waals surface area (Å²) in [6.45, 7) is 8.82. The Morgan fingerprint density at radius 3 is 2.19 bits per heavy atom. The molecule has 0 radical (unpaired) electrons. The maximum atomic E-state index is 13.1. The van der Waals surface area contributed by atoms with Crippen LogP contribution >= 0.6 is 0 Å². The molecule has 2 heterocycles. The Bertz CT molecular complexity index is 849. The second-order valence-corrected chi connectivity index (χ2v) is 7.63. The molecule has 2 aromatic rings. The molecule has 0 saturated carbocycles. The minimum Gasteiger partial charge on any atom is -0.424 e. The van der Waals surface area contributed by atoms with Crippen molar-refractivity contribution in [2.75, 3.05) is 0 Å². The lowest BCUT2D eigenvalue weighted by molar-refractivity contribution is -0.184. The predicted molar refractivity (Wildman–Crippen MR) is 99.9 cm³/mol. The highest BCUT2D eigenvalue weighted by Gasteiger charge is 2.53. The summed E-state index contributed by atoms with van der Waals surface area (Å²) in [6, 6.07) is 7.32. The first-order chi connectivity index (χ1) is 12.7. The van der Waals surface area contributed by atoms with Crippen molar-refractivity contribution in [3.63, 3.8) is 0 Å². The maximum absolute atomic E-state index is 13.1. The van der Waals surface area contributed by atoms with Crippen LogP contribution in [0.15, 0.2) is 36.7 Å². The lowest BCUT2D eigenvalue weighted by Gasteiger charge is -2.43. The molecule has 6 heteroatoms. The first-order valence-corrected chi connectivity index (χ1v) is 9.02. The maximum Gasteiger partial charge on any atom is 0.321 e. The van der Waals surface area contributed by atoms with Crippen molar-refractivity contribution in [3.8, 4) is 11.8 Å². The number of aryl methyl sites for hydroxylation is 1. The number of carbonyl (C=O) groups excluding carboxylic acids is 2. The largest absolute Gasteiger partial charge is 0.424 e. The molecular formula is C21H24N2O4. The second kappa shape index (κ2) is 6.85. The van der Waals surface area contributed by atoms with E-state index < -0.39 is 17.1 Å². The molecule has 0 amide bonds. The van der Waals surface area contributed by atoms with E-state index in [9.17, 15) is 9.59 Å². The normalized spacial score (nSPS) is 19.1. The van der Waals surface area contributed by atoms with Crippen LogP contribution in [0.5, 0.6) is 11.8 Å². The van der Waals surface area contributed by atoms with Crippen LogP contribution in [0.1, 0.15) is 51.7 Å². The third-order valence-electron chi connectivity index (χ3n) is 4.78. The second-order valence-electron chi connectivity index (χ2n) is 7.63. The summed E-state index contributed by atoms with van der Waals surface area (Å²) in [7, 11) is 0. The molecule has 1 fully saturated rings. The van der Waals surface area contributed by atoms with Crippen molar-refractivity contribution in [2.24, 2.45) is 0 Å². The van der Waals surface area contributed by atoms with E-state index in [1.54, 1.807) is 58.3 Å². The molecule has 6 nitrogen and oxygen atoms in total. The topological polar surface area (TPSA) is 78.4 Å². The van der Waals surface area contributed by atoms with Gasteiger partial charge in [0.25, 0.3) is 0 Å². The Morgan fingerprint density at radius 1 is 1.04 bits per heavy atom. The van der Waals surface area contributed by atoms with Gasteiger partial charge in [-0.1, -0.05) is 13.0 Å². The van der Waals surface area contributed by atoms with Gasteiger partial charge in [-0.2, -0.15) is 0 Å². The van der Waals surface area contributed by atoms with Gasteiger partial charge in [-0.25, -0.2) is 9.97 Å². The Labute approximate surface area is 158 Å². The third-order valence-corrected chi connectivity index (χ3v) is 4.78. The number of rotatable bonds is 4. The highest BCUT2D eigenvalue weighted by Crippen LogP contribution is 2.40. The predicted octanol–water partition coefficient (Wildman–Crippen LogP) is 3.64. The van der Waals surface area contributed by atoms with Crippen LogP contribution < -0.4 is 4.74 Å². The van der Waals surface area contributed by atoms with Crippen LogP contribution in [0.2, 0.25) is 0 Å². The molecule has 0 N–H and O–H groups in total. The minimum atomic E-state index is -1.05. The lowest BCUT2D eigenvalue weighted by atomic mass is 9.73. The van der Waals surface area contributed by atoms with Gasteiger partial charge in [0.15, 0.2) is 11.6 Å². The van der Waals surface area contributed by atoms with Gasteiger partial charge in [0, 0.05) is 12.4 Å². The molecule has 1 aromatic heterocycles. The Kier molecular flexibility index (Phi) is 4.86. The number of ether oxygens (including phenoxy) is 2. The molecule has 0 aliphatic carbocycles. The smallest absolute Gasteiger partial charge is 0.321 e. The molecule has 1 aromatic carbocycles. The van der Waals surface area contributed by atoms with Gasteiger partial charge >= 0.3 is 6.01 Å². The number of benzene rings is 1. The molecular weight excluding hydrogens is 344 g/mol. The van der Waals surface area contributed by atoms with E-state index in [-0.39, 0.29) is 17.6 Å². The zero-order valence-electron chi connectivity index (χ0n) is 16.3. The summed E-state index contributed by atoms with van der Waals surface area (Å²) in [5.74, 6) is -0.890. The molecule has 1 aliphatic rings. The molecule has 3 rings (SSSR count). The fourth-order valence-corrected chi connectivity index (χ4v) is 3.51. The summed E-state index contributed by atoms with van der Waals surface area (Å²) in [6.07, 6.45) is 3.86. The summed E-state index contributed by atoms with van der Waals surface area (Å²) in [5.41, 5.74) is -0.513. The van der Waals surface area contributed by atoms with Crippen molar-refractivity contribution in [1.82, 2.24) is 9.97 Å². The Balaban J connectivity index is 2.06. The van der Waals surface area contributed by atoms with Gasteiger partial charge in [-0.15, -0.1) is 0 Å². The molecule has 0 bridgehead atoms. The average molecular weight is 368 g/mol. The van der Waals surface area contributed by atoms with Crippen LogP contribution in [0.4, 0.5) is 0 Å². The first-order valence-electron chi connectivity index (χ1n) is 9.02. The number of hydrogen-bond donors (Lipinski definition) is 0.